The fourth-order valence-electron chi connectivity index (χ4n) is 1.70. The van der Waals surface area contributed by atoms with Gasteiger partial charge in [0.25, 0.3) is 0 Å². The molecule has 3 amide bonds. The summed E-state index contributed by atoms with van der Waals surface area (Å²) in [4.78, 5) is 24.8. The van der Waals surface area contributed by atoms with Crippen LogP contribution in [0, 0.1) is 5.92 Å². The minimum Gasteiger partial charge on any atom is -0.497 e. The number of nitrogens with zero attached hydrogens (tertiary/aromatic N) is 1. The largest absolute Gasteiger partial charge is 0.497 e. The van der Waals surface area contributed by atoms with Gasteiger partial charge in [0.2, 0.25) is 5.91 Å². The van der Waals surface area contributed by atoms with Crippen molar-refractivity contribution in [1.29, 1.82) is 0 Å². The maximum atomic E-state index is 11.9. The third kappa shape index (κ3) is 2.08. The predicted octanol–water partition coefficient (Wildman–Crippen LogP) is 1.39. The Balaban J connectivity index is 2.29. The molecular weight excluding hydrogens is 220 g/mol. The molecule has 0 radical (unpaired) electrons. The molecule has 1 heterocycles. The zero-order chi connectivity index (χ0) is 12.4. The molecule has 1 aromatic carbocycles. The van der Waals surface area contributed by atoms with Crippen molar-refractivity contribution in [2.45, 2.75) is 6.92 Å². The summed E-state index contributed by atoms with van der Waals surface area (Å²) in [5.74, 6) is 0.306. The Morgan fingerprint density at radius 1 is 1.29 bits per heavy atom. The van der Waals surface area contributed by atoms with Crippen LogP contribution in [0.2, 0.25) is 0 Å². The van der Waals surface area contributed by atoms with Gasteiger partial charge >= 0.3 is 6.03 Å². The molecule has 1 aliphatic heterocycles. The maximum absolute atomic E-state index is 11.9. The molecule has 0 saturated carbocycles. The van der Waals surface area contributed by atoms with Gasteiger partial charge in [-0.2, -0.15) is 0 Å². The Morgan fingerprint density at radius 2 is 1.94 bits per heavy atom. The van der Waals surface area contributed by atoms with E-state index in [0.29, 0.717) is 18.0 Å². The van der Waals surface area contributed by atoms with Crippen molar-refractivity contribution in [3.8, 4) is 5.75 Å². The highest BCUT2D eigenvalue weighted by Gasteiger charge is 2.32. The number of hydrogen-bond acceptors (Lipinski definition) is 3. The third-order valence-electron chi connectivity index (χ3n) is 2.74. The van der Waals surface area contributed by atoms with E-state index in [2.05, 4.69) is 5.32 Å². The zero-order valence-corrected chi connectivity index (χ0v) is 9.77. The summed E-state index contributed by atoms with van der Waals surface area (Å²) in [5.41, 5.74) is 0.555. The molecule has 1 atom stereocenters. The van der Waals surface area contributed by atoms with Gasteiger partial charge in [0.1, 0.15) is 5.75 Å². The number of rotatable bonds is 2. The number of urea groups is 1. The van der Waals surface area contributed by atoms with Crippen LogP contribution in [-0.4, -0.2) is 25.6 Å². The Bertz CT molecular complexity index is 442. The van der Waals surface area contributed by atoms with E-state index in [9.17, 15) is 9.59 Å². The van der Waals surface area contributed by atoms with Crippen molar-refractivity contribution in [3.63, 3.8) is 0 Å². The smallest absolute Gasteiger partial charge is 0.328 e. The first-order valence-corrected chi connectivity index (χ1v) is 5.39. The molecule has 5 nitrogen and oxygen atoms in total. The van der Waals surface area contributed by atoms with Crippen molar-refractivity contribution < 1.29 is 14.3 Å². The number of carbonyl (C=O) groups is 2. The highest BCUT2D eigenvalue weighted by molar-refractivity contribution is 6.16. The van der Waals surface area contributed by atoms with Crippen LogP contribution in [0.25, 0.3) is 0 Å². The summed E-state index contributed by atoms with van der Waals surface area (Å²) < 4.78 is 5.03. The second kappa shape index (κ2) is 4.45. The fourth-order valence-corrected chi connectivity index (χ4v) is 1.70. The van der Waals surface area contributed by atoms with Gasteiger partial charge in [0.05, 0.1) is 18.7 Å². The topological polar surface area (TPSA) is 58.6 Å². The lowest BCUT2D eigenvalue weighted by atomic mass is 10.1. The Morgan fingerprint density at radius 3 is 2.53 bits per heavy atom. The molecule has 2 rings (SSSR count). The molecule has 0 aliphatic carbocycles. The van der Waals surface area contributed by atoms with Gasteiger partial charge in [-0.3, -0.25) is 4.79 Å². The lowest BCUT2D eigenvalue weighted by Crippen LogP contribution is -2.54. The van der Waals surface area contributed by atoms with E-state index in [-0.39, 0.29) is 17.9 Å². The first-order valence-electron chi connectivity index (χ1n) is 5.39. The van der Waals surface area contributed by atoms with Gasteiger partial charge in [-0.1, -0.05) is 6.92 Å². The SMILES string of the molecule is COc1ccc(N2C(=O)NCC(C)C2=O)cc1. The van der Waals surface area contributed by atoms with Crippen LogP contribution in [0.1, 0.15) is 6.92 Å². The third-order valence-corrected chi connectivity index (χ3v) is 2.74. The van der Waals surface area contributed by atoms with Gasteiger partial charge < -0.3 is 10.1 Å². The average Bonchev–Trinajstić information content (AvgIpc) is 2.35. The van der Waals surface area contributed by atoms with Crippen molar-refractivity contribution in [3.05, 3.63) is 24.3 Å². The van der Waals surface area contributed by atoms with Crippen LogP contribution in [0.3, 0.4) is 0 Å². The van der Waals surface area contributed by atoms with E-state index in [0.717, 1.165) is 4.90 Å². The zero-order valence-electron chi connectivity index (χ0n) is 9.77. The molecular formula is C12H14N2O3. The van der Waals surface area contributed by atoms with Crippen molar-refractivity contribution >= 4 is 17.6 Å². The van der Waals surface area contributed by atoms with E-state index in [1.807, 2.05) is 0 Å². The minimum absolute atomic E-state index is 0.182. The fraction of sp³-hybridized carbons (Fsp3) is 0.333. The van der Waals surface area contributed by atoms with Crippen LogP contribution in [0.5, 0.6) is 5.75 Å². The first kappa shape index (κ1) is 11.4. The first-order chi connectivity index (χ1) is 8.13. The Hall–Kier alpha value is -2.04. The van der Waals surface area contributed by atoms with Gasteiger partial charge in [-0.25, -0.2) is 9.69 Å². The lowest BCUT2D eigenvalue weighted by Gasteiger charge is -2.29. The van der Waals surface area contributed by atoms with E-state index < -0.39 is 0 Å². The van der Waals surface area contributed by atoms with Gasteiger partial charge in [0, 0.05) is 6.54 Å². The number of carbonyl (C=O) groups excluding carboxylic acids is 2. The van der Waals surface area contributed by atoms with Gasteiger partial charge in [0.15, 0.2) is 0 Å². The predicted molar refractivity (Wildman–Crippen MR) is 63.0 cm³/mol. The molecule has 1 aromatic rings. The lowest BCUT2D eigenvalue weighted by molar-refractivity contribution is -0.121. The molecule has 5 heteroatoms. The number of hydrogen-bond donors (Lipinski definition) is 1. The van der Waals surface area contributed by atoms with Gasteiger partial charge in [-0.15, -0.1) is 0 Å². The van der Waals surface area contributed by atoms with Crippen LogP contribution in [-0.2, 0) is 4.79 Å². The Labute approximate surface area is 99.4 Å². The Kier molecular flexibility index (Phi) is 2.99. The van der Waals surface area contributed by atoms with Crippen LogP contribution >= 0.6 is 0 Å². The normalized spacial score (nSPS) is 20.1. The van der Waals surface area contributed by atoms with E-state index in [1.165, 1.54) is 0 Å². The minimum atomic E-state index is -0.377. The molecule has 17 heavy (non-hydrogen) atoms. The number of amides is 3. The van der Waals surface area contributed by atoms with Crippen LogP contribution in [0.15, 0.2) is 24.3 Å². The molecule has 0 aromatic heterocycles. The standard InChI is InChI=1S/C12H14N2O3/c1-8-7-13-12(16)14(11(8)15)9-3-5-10(17-2)6-4-9/h3-6,8H,7H2,1-2H3,(H,13,16). The highest BCUT2D eigenvalue weighted by atomic mass is 16.5. The van der Waals surface area contributed by atoms with Crippen LogP contribution < -0.4 is 15.0 Å². The number of anilines is 1. The summed E-state index contributed by atoms with van der Waals surface area (Å²) >= 11 is 0. The van der Waals surface area contributed by atoms with Crippen molar-refractivity contribution in [1.82, 2.24) is 5.32 Å². The van der Waals surface area contributed by atoms with Gasteiger partial charge in [-0.05, 0) is 24.3 Å². The number of methoxy groups -OCH3 is 1. The van der Waals surface area contributed by atoms with Crippen molar-refractivity contribution in [2.24, 2.45) is 5.92 Å². The van der Waals surface area contributed by atoms with E-state index in [4.69, 9.17) is 4.74 Å². The number of benzene rings is 1. The average molecular weight is 234 g/mol. The molecule has 0 spiro atoms. The monoisotopic (exact) mass is 234 g/mol. The molecule has 1 unspecified atom stereocenters. The number of nitrogens with one attached hydrogen (secondary N) is 1. The quantitative estimate of drug-likeness (QED) is 0.841. The molecule has 1 aliphatic rings. The summed E-state index contributed by atoms with van der Waals surface area (Å²) in [6, 6.07) is 6.44. The summed E-state index contributed by atoms with van der Waals surface area (Å²) in [6.45, 7) is 2.18. The molecule has 0 bridgehead atoms. The molecule has 1 fully saturated rings. The maximum Gasteiger partial charge on any atom is 0.328 e. The summed E-state index contributed by atoms with van der Waals surface area (Å²) in [7, 11) is 1.57. The number of imide groups is 1. The second-order valence-corrected chi connectivity index (χ2v) is 3.96. The molecule has 1 N–H and O–H groups in total. The number of ether oxygens (including phenoxy) is 1. The summed E-state index contributed by atoms with van der Waals surface area (Å²) in [6.07, 6.45) is 0. The van der Waals surface area contributed by atoms with Crippen LogP contribution in [0.4, 0.5) is 10.5 Å². The van der Waals surface area contributed by atoms with E-state index >= 15 is 0 Å². The molecule has 1 saturated heterocycles. The van der Waals surface area contributed by atoms with E-state index in [1.54, 1.807) is 38.3 Å². The molecule has 90 valence electrons. The van der Waals surface area contributed by atoms with Crippen molar-refractivity contribution in [2.75, 3.05) is 18.6 Å². The second-order valence-electron chi connectivity index (χ2n) is 3.96. The highest BCUT2D eigenvalue weighted by Crippen LogP contribution is 2.22. The summed E-state index contributed by atoms with van der Waals surface area (Å²) in [5, 5.41) is 2.67.